The van der Waals surface area contributed by atoms with Gasteiger partial charge in [0, 0.05) is 28.3 Å². The zero-order valence-electron chi connectivity index (χ0n) is 10.9. The van der Waals surface area contributed by atoms with Crippen LogP contribution in [-0.4, -0.2) is 25.3 Å². The Balaban J connectivity index is 4.01. The average Bonchev–Trinajstić information content (AvgIpc) is 2.46. The molecule has 1 aromatic rings. The van der Waals surface area contributed by atoms with E-state index in [2.05, 4.69) is 13.6 Å². The normalized spacial score (nSPS) is 11.5. The Morgan fingerprint density at radius 2 is 1.08 bits per heavy atom. The van der Waals surface area contributed by atoms with Gasteiger partial charge in [0.2, 0.25) is 0 Å². The fourth-order valence-electron chi connectivity index (χ4n) is 1.34. The first-order chi connectivity index (χ1) is 11.0. The smallest absolute Gasteiger partial charge is 0.216 e. The summed E-state index contributed by atoms with van der Waals surface area (Å²) in [5.41, 5.74) is 24.6. The number of hydrogen-bond acceptors (Lipinski definition) is 6. The molecule has 0 saturated heterocycles. The van der Waals surface area contributed by atoms with E-state index in [1.807, 2.05) is 14.7 Å². The van der Waals surface area contributed by atoms with Gasteiger partial charge in [0.25, 0.3) is 30.1 Å². The van der Waals surface area contributed by atoms with Crippen molar-refractivity contribution in [2.45, 2.75) is 14.7 Å². The minimum atomic E-state index is -4.99. The highest BCUT2D eigenvalue weighted by Gasteiger charge is 2.28. The van der Waals surface area contributed by atoms with Crippen LogP contribution in [0.1, 0.15) is 0 Å². The van der Waals surface area contributed by atoms with Crippen LogP contribution in [-0.2, 0) is 30.1 Å². The van der Waals surface area contributed by atoms with E-state index in [1.54, 1.807) is 0 Å². The lowest BCUT2D eigenvalue weighted by Gasteiger charge is -2.07. The van der Waals surface area contributed by atoms with Crippen molar-refractivity contribution < 1.29 is 25.3 Å². The van der Waals surface area contributed by atoms with Gasteiger partial charge in [-0.25, -0.2) is 25.3 Å². The third kappa shape index (κ3) is 3.85. The number of rotatable bonds is 6. The lowest BCUT2D eigenvalue weighted by Crippen LogP contribution is -2.08. The third-order valence-corrected chi connectivity index (χ3v) is 5.85. The minimum Gasteiger partial charge on any atom is -0.216 e. The molecule has 0 radical (unpaired) electrons. The van der Waals surface area contributed by atoms with Crippen LogP contribution < -0.4 is 0 Å². The highest BCUT2D eigenvalue weighted by atomic mass is 32.2. The Kier molecular flexibility index (Phi) is 5.26. The summed E-state index contributed by atoms with van der Waals surface area (Å²) in [7, 11) is -14.5. The molecule has 24 heavy (non-hydrogen) atoms. The maximum Gasteiger partial charge on any atom is 0.265 e. The molecular formula is C6H3N9O6S3. The van der Waals surface area contributed by atoms with Gasteiger partial charge in [-0.2, -0.15) is 0 Å². The van der Waals surface area contributed by atoms with Gasteiger partial charge in [0.1, 0.15) is 0 Å². The van der Waals surface area contributed by atoms with Crippen LogP contribution >= 0.6 is 0 Å². The van der Waals surface area contributed by atoms with Crippen molar-refractivity contribution >= 4 is 30.1 Å². The molecule has 0 unspecified atom stereocenters. The number of sulfonamides is 3. The highest BCUT2D eigenvalue weighted by Crippen LogP contribution is 2.28. The average molecular weight is 393 g/mol. The van der Waals surface area contributed by atoms with Gasteiger partial charge < -0.3 is 0 Å². The first-order valence-electron chi connectivity index (χ1n) is 5.10. The molecule has 15 nitrogen and oxygen atoms in total. The fraction of sp³-hybridized carbons (Fsp3) is 0. The van der Waals surface area contributed by atoms with Crippen molar-refractivity contribution in [1.29, 1.82) is 0 Å². The van der Waals surface area contributed by atoms with Gasteiger partial charge in [0.05, 0.1) is 14.7 Å². The molecule has 126 valence electrons. The van der Waals surface area contributed by atoms with E-state index in [-0.39, 0.29) is 6.07 Å². The van der Waals surface area contributed by atoms with E-state index in [4.69, 9.17) is 16.6 Å². The van der Waals surface area contributed by atoms with Crippen molar-refractivity contribution in [3.05, 3.63) is 49.5 Å². The zero-order valence-corrected chi connectivity index (χ0v) is 13.4. The van der Waals surface area contributed by atoms with Gasteiger partial charge in [-0.05, 0) is 34.8 Å². The largest absolute Gasteiger partial charge is 0.265 e. The minimum absolute atomic E-state index is 0.286. The van der Waals surface area contributed by atoms with Crippen LogP contribution in [0.4, 0.5) is 0 Å². The molecular weight excluding hydrogens is 390 g/mol. The lowest BCUT2D eigenvalue weighted by molar-refractivity contribution is 0.582. The third-order valence-electron chi connectivity index (χ3n) is 2.20. The summed E-state index contributed by atoms with van der Waals surface area (Å²) in [6, 6.07) is 1.36. The molecule has 0 aliphatic carbocycles. The second-order valence-corrected chi connectivity index (χ2v) is 8.24. The van der Waals surface area contributed by atoms with Gasteiger partial charge in [-0.15, -0.1) is 0 Å². The molecule has 1 aromatic carbocycles. The van der Waals surface area contributed by atoms with Gasteiger partial charge in [-0.3, -0.25) is 0 Å². The number of benzene rings is 1. The maximum atomic E-state index is 11.8. The molecule has 0 atom stereocenters. The van der Waals surface area contributed by atoms with Crippen LogP contribution in [0.3, 0.4) is 0 Å². The second-order valence-electron chi connectivity index (χ2n) is 3.55. The first-order valence-corrected chi connectivity index (χ1v) is 9.42. The molecule has 0 fully saturated rings. The van der Waals surface area contributed by atoms with Crippen molar-refractivity contribution in [2.24, 2.45) is 13.6 Å². The molecule has 1 rings (SSSR count). The monoisotopic (exact) mass is 393 g/mol. The van der Waals surface area contributed by atoms with Crippen molar-refractivity contribution in [1.82, 2.24) is 0 Å². The van der Waals surface area contributed by atoms with Crippen molar-refractivity contribution in [3.63, 3.8) is 0 Å². The van der Waals surface area contributed by atoms with E-state index in [9.17, 15) is 25.3 Å². The molecule has 0 aromatic heterocycles. The summed E-state index contributed by atoms with van der Waals surface area (Å²) in [6.07, 6.45) is 0. The van der Waals surface area contributed by atoms with Crippen LogP contribution in [0.15, 0.2) is 46.4 Å². The Morgan fingerprint density at radius 1 is 0.667 bits per heavy atom. The van der Waals surface area contributed by atoms with E-state index in [0.717, 1.165) is 0 Å². The Labute approximate surface area is 133 Å². The molecule has 0 N–H and O–H groups in total. The number of hydrogen-bond donors (Lipinski definition) is 0. The quantitative estimate of drug-likeness (QED) is 0.394. The van der Waals surface area contributed by atoms with Gasteiger partial charge in [0.15, 0.2) is 0 Å². The SMILES string of the molecule is [N-]=[N+]=NS(=O)(=O)c1ccc(S(=O)(=O)N=[N+]=[N-])c(S(=O)(=O)N=[N+]=[N-])c1. The molecule has 0 aliphatic rings. The highest BCUT2D eigenvalue weighted by molar-refractivity contribution is 7.93. The van der Waals surface area contributed by atoms with E-state index < -0.39 is 44.8 Å². The van der Waals surface area contributed by atoms with Gasteiger partial charge >= 0.3 is 0 Å². The number of nitrogens with zero attached hydrogens (tertiary/aromatic N) is 9. The summed E-state index contributed by atoms with van der Waals surface area (Å²) >= 11 is 0. The first kappa shape index (κ1) is 19.0. The van der Waals surface area contributed by atoms with E-state index in [1.165, 1.54) is 0 Å². The fourth-order valence-corrected chi connectivity index (χ4v) is 4.27. The second kappa shape index (κ2) is 6.63. The van der Waals surface area contributed by atoms with Crippen LogP contribution in [0, 0.1) is 0 Å². The molecule has 0 saturated carbocycles. The maximum absolute atomic E-state index is 11.8. The Bertz CT molecular complexity index is 1150. The van der Waals surface area contributed by atoms with E-state index in [0.29, 0.717) is 12.1 Å². The standard InChI is InChI=1S/C6H3N9O6S3/c7-10-13-22(16,17)4-1-2-5(23(18,19)14-11-8)6(3-4)24(20,21)15-12-9/h1-3H. The van der Waals surface area contributed by atoms with Crippen LogP contribution in [0.2, 0.25) is 0 Å². The zero-order chi connectivity index (χ0) is 18.6. The summed E-state index contributed by atoms with van der Waals surface area (Å²) in [5, 5.41) is 0. The summed E-state index contributed by atoms with van der Waals surface area (Å²) in [6.45, 7) is 0. The lowest BCUT2D eigenvalue weighted by atomic mass is 10.4. The molecule has 0 aliphatic heterocycles. The summed E-state index contributed by atoms with van der Waals surface area (Å²) < 4.78 is 77.6. The molecule has 0 heterocycles. The predicted octanol–water partition coefficient (Wildman–Crippen LogP) is 1.68. The predicted molar refractivity (Wildman–Crippen MR) is 75.4 cm³/mol. The van der Waals surface area contributed by atoms with Crippen molar-refractivity contribution in [2.75, 3.05) is 0 Å². The molecule has 0 spiro atoms. The Hall–Kier alpha value is -3.00. The summed E-state index contributed by atoms with van der Waals surface area (Å²) in [4.78, 5) is 2.73. The van der Waals surface area contributed by atoms with Crippen molar-refractivity contribution in [3.8, 4) is 0 Å². The molecule has 18 heteroatoms. The Morgan fingerprint density at radius 3 is 1.54 bits per heavy atom. The van der Waals surface area contributed by atoms with Gasteiger partial charge in [-0.1, -0.05) is 0 Å². The van der Waals surface area contributed by atoms with E-state index >= 15 is 0 Å². The molecule has 0 amide bonds. The van der Waals surface area contributed by atoms with Crippen LogP contribution in [0.5, 0.6) is 0 Å². The van der Waals surface area contributed by atoms with Crippen LogP contribution in [0.25, 0.3) is 31.3 Å². The summed E-state index contributed by atoms with van der Waals surface area (Å²) in [5.74, 6) is 0. The molecule has 0 bridgehead atoms. The topological polar surface area (TPSA) is 249 Å². The number of azide groups is 3.